The van der Waals surface area contributed by atoms with Crippen molar-refractivity contribution in [1.29, 1.82) is 0 Å². The van der Waals surface area contributed by atoms with Gasteiger partial charge in [0.1, 0.15) is 5.75 Å². The Hall–Kier alpha value is -1.62. The van der Waals surface area contributed by atoms with Crippen LogP contribution in [0.3, 0.4) is 0 Å². The fraction of sp³-hybridized carbons (Fsp3) is 0.167. The van der Waals surface area contributed by atoms with Crippen LogP contribution in [0.5, 0.6) is 5.75 Å². The first-order valence-electron chi connectivity index (χ1n) is 4.96. The summed E-state index contributed by atoms with van der Waals surface area (Å²) in [6, 6.07) is 6.90. The molecule has 5 heteroatoms. The maximum atomic E-state index is 11.7. The van der Waals surface area contributed by atoms with Gasteiger partial charge >= 0.3 is 0 Å². The van der Waals surface area contributed by atoms with Crippen LogP contribution in [0.1, 0.15) is 10.4 Å². The third kappa shape index (κ3) is 2.24. The van der Waals surface area contributed by atoms with E-state index < -0.39 is 0 Å². The van der Waals surface area contributed by atoms with E-state index in [0.29, 0.717) is 11.3 Å². The number of carbonyl (C=O) groups excluding carboxylic acids is 1. The van der Waals surface area contributed by atoms with Gasteiger partial charge in [0.15, 0.2) is 5.78 Å². The molecule has 0 amide bonds. The molecule has 0 aliphatic carbocycles. The number of carbonyl (C=O) groups is 1. The Kier molecular flexibility index (Phi) is 3.28. The van der Waals surface area contributed by atoms with Gasteiger partial charge < -0.3 is 9.72 Å². The lowest BCUT2D eigenvalue weighted by Gasteiger charge is -2.03. The molecule has 0 fully saturated rings. The van der Waals surface area contributed by atoms with Crippen LogP contribution in [0, 0.1) is 0 Å². The van der Waals surface area contributed by atoms with E-state index in [9.17, 15) is 9.59 Å². The molecule has 0 atom stereocenters. The highest BCUT2D eigenvalue weighted by Gasteiger charge is 2.10. The molecule has 2 aromatic rings. The smallest absolute Gasteiger partial charge is 0.259 e. The number of Topliss-reactive ketones (excluding diaryl/α,β-unsaturated/α-hetero) is 1. The van der Waals surface area contributed by atoms with Gasteiger partial charge in [0, 0.05) is 6.07 Å². The third-order valence-electron chi connectivity index (χ3n) is 2.47. The van der Waals surface area contributed by atoms with Gasteiger partial charge in [-0.2, -0.15) is 0 Å². The fourth-order valence-corrected chi connectivity index (χ4v) is 1.89. The number of alkyl halides is 1. The summed E-state index contributed by atoms with van der Waals surface area (Å²) >= 11 is 3.05. The predicted octanol–water partition coefficient (Wildman–Crippen LogP) is 2.11. The second-order valence-electron chi connectivity index (χ2n) is 3.52. The Bertz CT molecular complexity index is 633. The molecular formula is C12H10BrNO3. The topological polar surface area (TPSA) is 59.2 Å². The number of pyridine rings is 1. The highest BCUT2D eigenvalue weighted by atomic mass is 79.9. The van der Waals surface area contributed by atoms with Crippen molar-refractivity contribution < 1.29 is 9.53 Å². The van der Waals surface area contributed by atoms with Gasteiger partial charge in [-0.05, 0) is 23.6 Å². The number of fused-ring (bicyclic) bond motifs is 1. The molecule has 0 saturated carbocycles. The van der Waals surface area contributed by atoms with E-state index in [0.717, 1.165) is 5.39 Å². The lowest BCUT2D eigenvalue weighted by molar-refractivity contribution is 0.102. The molecule has 0 aliphatic rings. The van der Waals surface area contributed by atoms with E-state index in [2.05, 4.69) is 20.9 Å². The van der Waals surface area contributed by atoms with Crippen molar-refractivity contribution in [2.24, 2.45) is 0 Å². The maximum Gasteiger partial charge on any atom is 0.259 e. The summed E-state index contributed by atoms with van der Waals surface area (Å²) in [6.45, 7) is 0. The predicted molar refractivity (Wildman–Crippen MR) is 69.2 cm³/mol. The van der Waals surface area contributed by atoms with Crippen molar-refractivity contribution in [2.45, 2.75) is 0 Å². The van der Waals surface area contributed by atoms with Crippen LogP contribution in [0.25, 0.3) is 10.9 Å². The van der Waals surface area contributed by atoms with Crippen molar-refractivity contribution in [1.82, 2.24) is 4.98 Å². The second-order valence-corrected chi connectivity index (χ2v) is 4.08. The number of ketones is 1. The lowest BCUT2D eigenvalue weighted by atomic mass is 10.1. The number of hydrogen-bond donors (Lipinski definition) is 1. The zero-order valence-electron chi connectivity index (χ0n) is 9.12. The fourth-order valence-electron chi connectivity index (χ4n) is 1.59. The van der Waals surface area contributed by atoms with Gasteiger partial charge in [0.2, 0.25) is 0 Å². The molecule has 4 nitrogen and oxygen atoms in total. The molecule has 1 aromatic heterocycles. The summed E-state index contributed by atoms with van der Waals surface area (Å²) in [5, 5.41) is 0.937. The first-order valence-corrected chi connectivity index (χ1v) is 6.08. The normalized spacial score (nSPS) is 10.5. The minimum atomic E-state index is -0.379. The van der Waals surface area contributed by atoms with E-state index in [1.54, 1.807) is 31.4 Å². The Morgan fingerprint density at radius 3 is 2.82 bits per heavy atom. The highest BCUT2D eigenvalue weighted by Crippen LogP contribution is 2.18. The van der Waals surface area contributed by atoms with Crippen LogP contribution in [0.15, 0.2) is 29.1 Å². The molecule has 0 radical (unpaired) electrons. The first-order chi connectivity index (χ1) is 8.15. The van der Waals surface area contributed by atoms with Crippen molar-refractivity contribution in [3.8, 4) is 5.75 Å². The first kappa shape index (κ1) is 11.9. The van der Waals surface area contributed by atoms with Gasteiger partial charge in [-0.15, -0.1) is 0 Å². The third-order valence-corrected chi connectivity index (χ3v) is 2.98. The number of ether oxygens (including phenoxy) is 1. The average molecular weight is 296 g/mol. The number of methoxy groups -OCH3 is 1. The standard InChI is InChI=1S/C12H10BrNO3/c1-17-8-3-2-7-4-9(11(15)6-13)12(16)14-10(7)5-8/h2-5H,6H2,1H3,(H,14,16). The van der Waals surface area contributed by atoms with Crippen LogP contribution < -0.4 is 10.3 Å². The van der Waals surface area contributed by atoms with E-state index >= 15 is 0 Å². The molecule has 2 rings (SSSR count). The molecule has 0 saturated heterocycles. The lowest BCUT2D eigenvalue weighted by Crippen LogP contribution is -2.18. The molecule has 17 heavy (non-hydrogen) atoms. The number of rotatable bonds is 3. The minimum Gasteiger partial charge on any atom is -0.497 e. The number of benzene rings is 1. The number of aromatic nitrogens is 1. The zero-order chi connectivity index (χ0) is 12.4. The van der Waals surface area contributed by atoms with E-state index in [1.165, 1.54) is 0 Å². The molecule has 1 aromatic carbocycles. The van der Waals surface area contributed by atoms with Gasteiger partial charge in [-0.25, -0.2) is 0 Å². The largest absolute Gasteiger partial charge is 0.497 e. The summed E-state index contributed by atoms with van der Waals surface area (Å²) in [4.78, 5) is 25.9. The minimum absolute atomic E-state index is 0.137. The summed E-state index contributed by atoms with van der Waals surface area (Å²) in [5.74, 6) is 0.427. The molecule has 0 bridgehead atoms. The number of halogens is 1. The van der Waals surface area contributed by atoms with Crippen molar-refractivity contribution in [2.75, 3.05) is 12.4 Å². The van der Waals surface area contributed by atoms with E-state index in [1.807, 2.05) is 0 Å². The number of aromatic amines is 1. The van der Waals surface area contributed by atoms with Crippen molar-refractivity contribution in [3.05, 3.63) is 40.2 Å². The number of H-pyrrole nitrogens is 1. The number of hydrogen-bond acceptors (Lipinski definition) is 3. The molecular weight excluding hydrogens is 286 g/mol. The van der Waals surface area contributed by atoms with Crippen LogP contribution in [0.4, 0.5) is 0 Å². The van der Waals surface area contributed by atoms with E-state index in [4.69, 9.17) is 4.74 Å². The van der Waals surface area contributed by atoms with E-state index in [-0.39, 0.29) is 22.2 Å². The van der Waals surface area contributed by atoms with Crippen LogP contribution in [-0.2, 0) is 0 Å². The van der Waals surface area contributed by atoms with Gasteiger partial charge in [-0.3, -0.25) is 9.59 Å². The molecule has 1 N–H and O–H groups in total. The van der Waals surface area contributed by atoms with Crippen LogP contribution in [0.2, 0.25) is 0 Å². The molecule has 1 heterocycles. The summed E-state index contributed by atoms with van der Waals surface area (Å²) in [7, 11) is 1.56. The molecule has 0 aliphatic heterocycles. The summed E-state index contributed by atoms with van der Waals surface area (Å²) in [6.07, 6.45) is 0. The van der Waals surface area contributed by atoms with Crippen molar-refractivity contribution >= 4 is 32.6 Å². The quantitative estimate of drug-likeness (QED) is 0.697. The SMILES string of the molecule is COc1ccc2cc(C(=O)CBr)c(=O)[nH]c2c1. The Balaban J connectivity index is 2.66. The monoisotopic (exact) mass is 295 g/mol. The van der Waals surface area contributed by atoms with Crippen LogP contribution >= 0.6 is 15.9 Å². The highest BCUT2D eigenvalue weighted by molar-refractivity contribution is 9.09. The molecule has 88 valence electrons. The zero-order valence-corrected chi connectivity index (χ0v) is 10.7. The van der Waals surface area contributed by atoms with Crippen LogP contribution in [-0.4, -0.2) is 23.2 Å². The van der Waals surface area contributed by atoms with Gasteiger partial charge in [0.05, 0.1) is 23.5 Å². The molecule has 0 spiro atoms. The Morgan fingerprint density at radius 2 is 2.18 bits per heavy atom. The van der Waals surface area contributed by atoms with Gasteiger partial charge in [0.25, 0.3) is 5.56 Å². The summed E-state index contributed by atoms with van der Waals surface area (Å²) < 4.78 is 5.06. The summed E-state index contributed by atoms with van der Waals surface area (Å²) in [5.41, 5.74) is 0.440. The number of nitrogens with one attached hydrogen (secondary N) is 1. The second kappa shape index (κ2) is 4.71. The van der Waals surface area contributed by atoms with Gasteiger partial charge in [-0.1, -0.05) is 15.9 Å². The maximum absolute atomic E-state index is 11.7. The van der Waals surface area contributed by atoms with Crippen molar-refractivity contribution in [3.63, 3.8) is 0 Å². The Labute approximate surface area is 106 Å². The Morgan fingerprint density at radius 1 is 1.41 bits per heavy atom. The average Bonchev–Trinajstić information content (AvgIpc) is 2.36. The molecule has 0 unspecified atom stereocenters.